The quantitative estimate of drug-likeness (QED) is 0.590. The van der Waals surface area contributed by atoms with Crippen LogP contribution < -0.4 is 10.6 Å². The summed E-state index contributed by atoms with van der Waals surface area (Å²) in [6.45, 7) is 1.71. The van der Waals surface area contributed by atoms with Gasteiger partial charge in [0.15, 0.2) is 0 Å². The van der Waals surface area contributed by atoms with Gasteiger partial charge in [-0.15, -0.1) is 0 Å². The van der Waals surface area contributed by atoms with Gasteiger partial charge in [-0.2, -0.15) is 0 Å². The van der Waals surface area contributed by atoms with Crippen molar-refractivity contribution in [3.8, 4) is 0 Å². The number of carboxylic acid groups (broad SMARTS) is 1. The van der Waals surface area contributed by atoms with Crippen molar-refractivity contribution in [3.05, 3.63) is 30.0 Å². The molecule has 0 atom stereocenters. The summed E-state index contributed by atoms with van der Waals surface area (Å²) in [5, 5.41) is 16.1. The zero-order valence-electron chi connectivity index (χ0n) is 9.58. The van der Waals surface area contributed by atoms with Gasteiger partial charge in [-0.25, -0.2) is 4.79 Å². The van der Waals surface area contributed by atoms with E-state index in [9.17, 15) is 4.79 Å². The van der Waals surface area contributed by atoms with E-state index in [0.717, 1.165) is 29.7 Å². The van der Waals surface area contributed by atoms with Crippen molar-refractivity contribution in [2.24, 2.45) is 0 Å². The van der Waals surface area contributed by atoms with Gasteiger partial charge in [-0.05, 0) is 25.2 Å². The lowest BCUT2D eigenvalue weighted by Gasteiger charge is -2.05. The Kier molecular flexibility index (Phi) is 3.30. The van der Waals surface area contributed by atoms with E-state index in [1.807, 2.05) is 25.2 Å². The van der Waals surface area contributed by atoms with Gasteiger partial charge in [0, 0.05) is 29.7 Å². The number of carbonyl (C=O) groups is 1. The Balaban J connectivity index is 2.21. The maximum Gasteiger partial charge on any atom is 0.352 e. The summed E-state index contributed by atoms with van der Waals surface area (Å²) in [4.78, 5) is 13.7. The fourth-order valence-corrected chi connectivity index (χ4v) is 1.68. The van der Waals surface area contributed by atoms with Crippen molar-refractivity contribution in [2.75, 3.05) is 25.5 Å². The maximum absolute atomic E-state index is 10.8. The number of H-pyrrole nitrogens is 1. The molecule has 17 heavy (non-hydrogen) atoms. The average Bonchev–Trinajstić information content (AvgIpc) is 2.72. The summed E-state index contributed by atoms with van der Waals surface area (Å²) in [5.41, 5.74) is 2.02. The molecular formula is C12H15N3O2. The number of rotatable bonds is 5. The molecule has 0 bridgehead atoms. The molecule has 1 heterocycles. The lowest BCUT2D eigenvalue weighted by atomic mass is 10.2. The molecule has 0 saturated heterocycles. The first-order chi connectivity index (χ1) is 8.20. The molecule has 0 radical (unpaired) electrons. The van der Waals surface area contributed by atoms with Gasteiger partial charge in [0.25, 0.3) is 0 Å². The second kappa shape index (κ2) is 4.88. The first kappa shape index (κ1) is 11.5. The summed E-state index contributed by atoms with van der Waals surface area (Å²) < 4.78 is 0. The van der Waals surface area contributed by atoms with E-state index >= 15 is 0 Å². The van der Waals surface area contributed by atoms with E-state index in [1.54, 1.807) is 6.07 Å². The first-order valence-corrected chi connectivity index (χ1v) is 5.45. The van der Waals surface area contributed by atoms with Crippen molar-refractivity contribution in [1.82, 2.24) is 10.3 Å². The largest absolute Gasteiger partial charge is 0.477 e. The summed E-state index contributed by atoms with van der Waals surface area (Å²) in [6, 6.07) is 7.39. The Labute approximate surface area is 98.8 Å². The zero-order valence-corrected chi connectivity index (χ0v) is 9.58. The predicted octanol–water partition coefficient (Wildman–Crippen LogP) is 1.50. The lowest BCUT2D eigenvalue weighted by molar-refractivity contribution is 0.0691. The molecule has 0 saturated carbocycles. The number of benzene rings is 1. The van der Waals surface area contributed by atoms with Crippen molar-refractivity contribution < 1.29 is 9.90 Å². The Bertz CT molecular complexity index is 534. The molecule has 0 aliphatic rings. The van der Waals surface area contributed by atoms with Crippen LogP contribution >= 0.6 is 0 Å². The number of fused-ring (bicyclic) bond motifs is 1. The molecule has 2 aromatic rings. The highest BCUT2D eigenvalue weighted by Gasteiger charge is 2.07. The molecule has 90 valence electrons. The Morgan fingerprint density at radius 3 is 2.88 bits per heavy atom. The predicted molar refractivity (Wildman–Crippen MR) is 67.7 cm³/mol. The molecule has 0 aliphatic heterocycles. The van der Waals surface area contributed by atoms with Crippen LogP contribution in [0.1, 0.15) is 10.5 Å². The fourth-order valence-electron chi connectivity index (χ4n) is 1.68. The number of aromatic nitrogens is 1. The third-order valence-electron chi connectivity index (χ3n) is 2.56. The number of hydrogen-bond donors (Lipinski definition) is 4. The van der Waals surface area contributed by atoms with Gasteiger partial charge in [0.05, 0.1) is 0 Å². The number of likely N-dealkylation sites (N-methyl/N-ethyl adjacent to an activating group) is 1. The van der Waals surface area contributed by atoms with Crippen LogP contribution in [0, 0.1) is 0 Å². The van der Waals surface area contributed by atoms with Crippen molar-refractivity contribution >= 4 is 22.6 Å². The number of nitrogens with one attached hydrogen (secondary N) is 3. The number of aromatic amines is 1. The minimum atomic E-state index is -0.939. The Hall–Kier alpha value is -2.01. The SMILES string of the molecule is CNCCNc1ccc2cc(C(=O)O)[nH]c2c1. The van der Waals surface area contributed by atoms with Gasteiger partial charge in [0.2, 0.25) is 0 Å². The summed E-state index contributed by atoms with van der Waals surface area (Å²) in [5.74, 6) is -0.939. The second-order valence-electron chi connectivity index (χ2n) is 3.82. The van der Waals surface area contributed by atoms with Gasteiger partial charge in [-0.1, -0.05) is 6.07 Å². The zero-order chi connectivity index (χ0) is 12.3. The van der Waals surface area contributed by atoms with Crippen LogP contribution in [0.3, 0.4) is 0 Å². The second-order valence-corrected chi connectivity index (χ2v) is 3.82. The van der Waals surface area contributed by atoms with Gasteiger partial charge in [0.1, 0.15) is 5.69 Å². The maximum atomic E-state index is 10.8. The third kappa shape index (κ3) is 2.57. The van der Waals surface area contributed by atoms with E-state index in [-0.39, 0.29) is 5.69 Å². The highest BCUT2D eigenvalue weighted by atomic mass is 16.4. The number of carboxylic acids is 1. The fraction of sp³-hybridized carbons (Fsp3) is 0.250. The topological polar surface area (TPSA) is 77.2 Å². The molecule has 0 spiro atoms. The van der Waals surface area contributed by atoms with E-state index in [0.29, 0.717) is 0 Å². The normalized spacial score (nSPS) is 10.6. The minimum absolute atomic E-state index is 0.215. The van der Waals surface area contributed by atoms with Gasteiger partial charge < -0.3 is 20.7 Å². The highest BCUT2D eigenvalue weighted by Crippen LogP contribution is 2.19. The van der Waals surface area contributed by atoms with Crippen molar-refractivity contribution in [1.29, 1.82) is 0 Å². The molecule has 0 amide bonds. The van der Waals surface area contributed by atoms with E-state index in [2.05, 4.69) is 15.6 Å². The smallest absolute Gasteiger partial charge is 0.352 e. The molecule has 5 nitrogen and oxygen atoms in total. The van der Waals surface area contributed by atoms with Crippen molar-refractivity contribution in [2.45, 2.75) is 0 Å². The standard InChI is InChI=1S/C12H15N3O2/c1-13-4-5-14-9-3-2-8-6-11(12(16)17)15-10(8)7-9/h2-3,6-7,13-15H,4-5H2,1H3,(H,16,17). The van der Waals surface area contributed by atoms with Crippen LogP contribution in [0.2, 0.25) is 0 Å². The van der Waals surface area contributed by atoms with Crippen LogP contribution in [0.15, 0.2) is 24.3 Å². The van der Waals surface area contributed by atoms with E-state index in [1.165, 1.54) is 0 Å². The van der Waals surface area contributed by atoms with Crippen LogP contribution in [-0.2, 0) is 0 Å². The first-order valence-electron chi connectivity index (χ1n) is 5.45. The minimum Gasteiger partial charge on any atom is -0.477 e. The molecule has 2 rings (SSSR count). The molecule has 0 fully saturated rings. The monoisotopic (exact) mass is 233 g/mol. The van der Waals surface area contributed by atoms with Crippen LogP contribution in [0.5, 0.6) is 0 Å². The Morgan fingerprint density at radius 1 is 1.35 bits per heavy atom. The van der Waals surface area contributed by atoms with E-state index < -0.39 is 5.97 Å². The summed E-state index contributed by atoms with van der Waals surface area (Å²) >= 11 is 0. The average molecular weight is 233 g/mol. The molecule has 0 unspecified atom stereocenters. The molecule has 0 aliphatic carbocycles. The third-order valence-corrected chi connectivity index (χ3v) is 2.56. The lowest BCUT2D eigenvalue weighted by Crippen LogP contribution is -2.17. The van der Waals surface area contributed by atoms with Crippen LogP contribution in [-0.4, -0.2) is 36.2 Å². The number of hydrogen-bond acceptors (Lipinski definition) is 3. The molecule has 1 aromatic heterocycles. The van der Waals surface area contributed by atoms with Crippen LogP contribution in [0.25, 0.3) is 10.9 Å². The summed E-state index contributed by atoms with van der Waals surface area (Å²) in [6.07, 6.45) is 0. The highest BCUT2D eigenvalue weighted by molar-refractivity contribution is 5.94. The molecule has 4 N–H and O–H groups in total. The molecular weight excluding hydrogens is 218 g/mol. The van der Waals surface area contributed by atoms with Gasteiger partial charge in [-0.3, -0.25) is 0 Å². The van der Waals surface area contributed by atoms with Crippen molar-refractivity contribution in [3.63, 3.8) is 0 Å². The number of aromatic carboxylic acids is 1. The van der Waals surface area contributed by atoms with Crippen LogP contribution in [0.4, 0.5) is 5.69 Å². The molecule has 1 aromatic carbocycles. The molecule has 5 heteroatoms. The Morgan fingerprint density at radius 2 is 2.18 bits per heavy atom. The summed E-state index contributed by atoms with van der Waals surface area (Å²) in [7, 11) is 1.90. The van der Waals surface area contributed by atoms with E-state index in [4.69, 9.17) is 5.11 Å². The van der Waals surface area contributed by atoms with Gasteiger partial charge >= 0.3 is 5.97 Å². The number of anilines is 1.